The van der Waals surface area contributed by atoms with Crippen LogP contribution in [0, 0.1) is 6.92 Å². The highest BCUT2D eigenvalue weighted by atomic mass is 14.1. The molecule has 2 rings (SSSR count). The molecule has 0 amide bonds. The molecule has 0 radical (unpaired) electrons. The van der Waals surface area contributed by atoms with Gasteiger partial charge in [-0.15, -0.1) is 0 Å². The molecule has 2 aromatic rings. The van der Waals surface area contributed by atoms with Gasteiger partial charge in [0.2, 0.25) is 0 Å². The van der Waals surface area contributed by atoms with Crippen molar-refractivity contribution in [2.45, 2.75) is 13.8 Å². The Morgan fingerprint density at radius 1 is 0.889 bits per heavy atom. The molecule has 0 aliphatic carbocycles. The molecule has 2 aromatic carbocycles. The molecule has 0 saturated carbocycles. The third-order valence-corrected chi connectivity index (χ3v) is 3.35. The Bertz CT molecular complexity index is 643. The van der Waals surface area contributed by atoms with Gasteiger partial charge in [-0.1, -0.05) is 61.7 Å². The number of fused-ring (bicyclic) bond motifs is 1. The van der Waals surface area contributed by atoms with Crippen LogP contribution in [0.2, 0.25) is 0 Å². The van der Waals surface area contributed by atoms with Crippen molar-refractivity contribution in [3.8, 4) is 0 Å². The van der Waals surface area contributed by atoms with E-state index in [-0.39, 0.29) is 0 Å². The maximum atomic E-state index is 3.95. The summed E-state index contributed by atoms with van der Waals surface area (Å²) in [5, 5.41) is 2.56. The van der Waals surface area contributed by atoms with Gasteiger partial charge in [-0.3, -0.25) is 0 Å². The van der Waals surface area contributed by atoms with E-state index in [0.717, 1.165) is 0 Å². The summed E-state index contributed by atoms with van der Waals surface area (Å²) in [4.78, 5) is 0. The van der Waals surface area contributed by atoms with Gasteiger partial charge in [0, 0.05) is 0 Å². The van der Waals surface area contributed by atoms with Gasteiger partial charge in [0.15, 0.2) is 0 Å². The zero-order valence-electron chi connectivity index (χ0n) is 11.0. The molecule has 0 bridgehead atoms. The molecule has 0 nitrogen and oxygen atoms in total. The lowest BCUT2D eigenvalue weighted by Gasteiger charge is -2.15. The Hall–Kier alpha value is -2.08. The molecule has 0 heterocycles. The predicted molar refractivity (Wildman–Crippen MR) is 83.6 cm³/mol. The summed E-state index contributed by atoms with van der Waals surface area (Å²) in [6.45, 7) is 12.1. The van der Waals surface area contributed by atoms with Crippen molar-refractivity contribution < 1.29 is 0 Å². The van der Waals surface area contributed by atoms with Crippen molar-refractivity contribution in [1.82, 2.24) is 0 Å². The summed E-state index contributed by atoms with van der Waals surface area (Å²) >= 11 is 0. The van der Waals surface area contributed by atoms with Crippen molar-refractivity contribution in [2.75, 3.05) is 0 Å². The minimum absolute atomic E-state index is 1.17. The van der Waals surface area contributed by atoms with Crippen molar-refractivity contribution in [3.63, 3.8) is 0 Å². The highest BCUT2D eigenvalue weighted by Crippen LogP contribution is 2.32. The molecule has 18 heavy (non-hydrogen) atoms. The van der Waals surface area contributed by atoms with E-state index in [2.05, 4.69) is 56.5 Å². The normalized spacial score (nSPS) is 11.0. The van der Waals surface area contributed by atoms with E-state index in [1.807, 2.05) is 19.1 Å². The van der Waals surface area contributed by atoms with Crippen molar-refractivity contribution in [3.05, 3.63) is 65.8 Å². The van der Waals surface area contributed by atoms with Crippen molar-refractivity contribution in [1.29, 1.82) is 0 Å². The SMILES string of the molecule is C=Cc1c(C=C)c(/C=C/C)c2ccccc2c1C. The fraction of sp³-hybridized carbons (Fsp3) is 0.111. The molecule has 0 N–H and O–H groups in total. The summed E-state index contributed by atoms with van der Waals surface area (Å²) in [5.41, 5.74) is 4.84. The Labute approximate surface area is 109 Å². The zero-order chi connectivity index (χ0) is 13.1. The lowest BCUT2D eigenvalue weighted by molar-refractivity contribution is 1.47. The molecule has 0 saturated heterocycles. The van der Waals surface area contributed by atoms with Crippen LogP contribution >= 0.6 is 0 Å². The molecular weight excluding hydrogens is 216 g/mol. The highest BCUT2D eigenvalue weighted by molar-refractivity contribution is 5.99. The van der Waals surface area contributed by atoms with Crippen LogP contribution in [0.3, 0.4) is 0 Å². The standard InChI is InChI=1S/C18H18/c1-5-10-17-15(7-3)14(6-2)13(4)16-11-8-9-12-18(16)17/h5-12H,2-3H2,1,4H3/b10-5+. The average molecular weight is 234 g/mol. The maximum Gasteiger partial charge on any atom is -0.0102 e. The van der Waals surface area contributed by atoms with E-state index in [1.165, 1.54) is 33.0 Å². The van der Waals surface area contributed by atoms with Crippen molar-refractivity contribution >= 4 is 29.0 Å². The lowest BCUT2D eigenvalue weighted by atomic mass is 9.89. The maximum absolute atomic E-state index is 3.95. The van der Waals surface area contributed by atoms with Crippen LogP contribution in [0.4, 0.5) is 0 Å². The number of allylic oxidation sites excluding steroid dienone is 1. The minimum atomic E-state index is 1.17. The number of hydrogen-bond acceptors (Lipinski definition) is 0. The molecule has 0 heteroatoms. The van der Waals surface area contributed by atoms with E-state index in [1.54, 1.807) is 0 Å². The van der Waals surface area contributed by atoms with Crippen LogP contribution in [0.25, 0.3) is 29.0 Å². The monoisotopic (exact) mass is 234 g/mol. The summed E-state index contributed by atoms with van der Waals surface area (Å²) in [6.07, 6.45) is 8.06. The third-order valence-electron chi connectivity index (χ3n) is 3.35. The average Bonchev–Trinajstić information content (AvgIpc) is 2.41. The van der Waals surface area contributed by atoms with Gasteiger partial charge in [0.05, 0.1) is 0 Å². The first-order valence-electron chi connectivity index (χ1n) is 6.17. The summed E-state index contributed by atoms with van der Waals surface area (Å²) in [7, 11) is 0. The Morgan fingerprint density at radius 2 is 1.50 bits per heavy atom. The van der Waals surface area contributed by atoms with Crippen LogP contribution in [-0.2, 0) is 0 Å². The number of benzene rings is 2. The van der Waals surface area contributed by atoms with Crippen LogP contribution in [0.15, 0.2) is 43.5 Å². The zero-order valence-corrected chi connectivity index (χ0v) is 11.0. The highest BCUT2D eigenvalue weighted by Gasteiger charge is 2.11. The van der Waals surface area contributed by atoms with Crippen LogP contribution < -0.4 is 0 Å². The molecule has 0 atom stereocenters. The van der Waals surface area contributed by atoms with Gasteiger partial charge in [0.25, 0.3) is 0 Å². The second-order valence-electron chi connectivity index (χ2n) is 4.32. The van der Waals surface area contributed by atoms with Gasteiger partial charge in [-0.05, 0) is 46.9 Å². The Morgan fingerprint density at radius 3 is 2.06 bits per heavy atom. The molecular formula is C18H18. The van der Waals surface area contributed by atoms with E-state index >= 15 is 0 Å². The second kappa shape index (κ2) is 5.05. The summed E-state index contributed by atoms with van der Waals surface area (Å²) in [6, 6.07) is 8.49. The fourth-order valence-electron chi connectivity index (χ4n) is 2.51. The summed E-state index contributed by atoms with van der Waals surface area (Å²) < 4.78 is 0. The van der Waals surface area contributed by atoms with Crippen LogP contribution in [-0.4, -0.2) is 0 Å². The van der Waals surface area contributed by atoms with Gasteiger partial charge < -0.3 is 0 Å². The first-order valence-corrected chi connectivity index (χ1v) is 6.17. The molecule has 0 unspecified atom stereocenters. The molecule has 0 aliphatic heterocycles. The quantitative estimate of drug-likeness (QED) is 0.660. The van der Waals surface area contributed by atoms with E-state index in [0.29, 0.717) is 0 Å². The minimum Gasteiger partial charge on any atom is -0.0984 e. The lowest BCUT2D eigenvalue weighted by Crippen LogP contribution is -1.94. The van der Waals surface area contributed by atoms with E-state index in [4.69, 9.17) is 0 Å². The topological polar surface area (TPSA) is 0 Å². The van der Waals surface area contributed by atoms with Gasteiger partial charge in [-0.25, -0.2) is 0 Å². The molecule has 0 aromatic heterocycles. The van der Waals surface area contributed by atoms with Crippen LogP contribution in [0.5, 0.6) is 0 Å². The molecule has 90 valence electrons. The number of aryl methyl sites for hydroxylation is 1. The summed E-state index contributed by atoms with van der Waals surface area (Å²) in [5.74, 6) is 0. The Balaban J connectivity index is 3.05. The van der Waals surface area contributed by atoms with E-state index in [9.17, 15) is 0 Å². The van der Waals surface area contributed by atoms with Crippen LogP contribution in [0.1, 0.15) is 29.2 Å². The first kappa shape index (κ1) is 12.4. The van der Waals surface area contributed by atoms with Gasteiger partial charge in [-0.2, -0.15) is 0 Å². The van der Waals surface area contributed by atoms with Gasteiger partial charge in [0.1, 0.15) is 0 Å². The molecule has 0 aliphatic rings. The van der Waals surface area contributed by atoms with Crippen molar-refractivity contribution in [2.24, 2.45) is 0 Å². The number of rotatable bonds is 3. The largest absolute Gasteiger partial charge is 0.0984 e. The predicted octanol–water partition coefficient (Wildman–Crippen LogP) is 5.47. The smallest absolute Gasteiger partial charge is 0.0102 e. The number of hydrogen-bond donors (Lipinski definition) is 0. The Kier molecular flexibility index (Phi) is 3.47. The second-order valence-corrected chi connectivity index (χ2v) is 4.32. The fourth-order valence-corrected chi connectivity index (χ4v) is 2.51. The molecule has 0 spiro atoms. The van der Waals surface area contributed by atoms with E-state index < -0.39 is 0 Å². The molecule has 0 fully saturated rings. The van der Waals surface area contributed by atoms with Gasteiger partial charge >= 0.3 is 0 Å². The third kappa shape index (κ3) is 1.80. The first-order chi connectivity index (χ1) is 8.74.